The lowest BCUT2D eigenvalue weighted by atomic mass is 10.1. The molecule has 86 valence electrons. The smallest absolute Gasteiger partial charge is 0.337 e. The van der Waals surface area contributed by atoms with Crippen molar-refractivity contribution in [3.63, 3.8) is 0 Å². The summed E-state index contributed by atoms with van der Waals surface area (Å²) in [4.78, 5) is 11.2. The van der Waals surface area contributed by atoms with E-state index in [1.807, 2.05) is 0 Å². The van der Waals surface area contributed by atoms with Crippen molar-refractivity contribution in [2.24, 2.45) is 5.10 Å². The second-order valence-electron chi connectivity index (χ2n) is 2.81. The maximum atomic E-state index is 11.2. The molecule has 1 rings (SSSR count). The lowest BCUT2D eigenvalue weighted by Crippen LogP contribution is -2.03. The Kier molecular flexibility index (Phi) is 4.28. The van der Waals surface area contributed by atoms with E-state index < -0.39 is 5.97 Å². The van der Waals surface area contributed by atoms with E-state index in [9.17, 15) is 4.79 Å². The average Bonchev–Trinajstić information content (AvgIpc) is 2.35. The molecular formula is C10H12N2O4. The van der Waals surface area contributed by atoms with Gasteiger partial charge in [-0.1, -0.05) is 0 Å². The number of benzene rings is 1. The fourth-order valence-corrected chi connectivity index (χ4v) is 1.16. The van der Waals surface area contributed by atoms with E-state index in [2.05, 4.69) is 9.84 Å². The molecule has 0 aliphatic heterocycles. The zero-order valence-corrected chi connectivity index (χ0v) is 8.93. The van der Waals surface area contributed by atoms with E-state index in [-0.39, 0.29) is 0 Å². The van der Waals surface area contributed by atoms with E-state index in [0.717, 1.165) is 0 Å². The summed E-state index contributed by atoms with van der Waals surface area (Å²) >= 11 is 0. The van der Waals surface area contributed by atoms with Crippen molar-refractivity contribution in [1.29, 1.82) is 0 Å². The van der Waals surface area contributed by atoms with Crippen LogP contribution in [-0.4, -0.2) is 31.6 Å². The number of nitrogens with zero attached hydrogens (tertiary/aromatic N) is 1. The maximum absolute atomic E-state index is 11.2. The van der Waals surface area contributed by atoms with Crippen LogP contribution >= 0.6 is 0 Å². The topological polar surface area (TPSA) is 80.2 Å². The number of rotatable bonds is 4. The van der Waals surface area contributed by atoms with Gasteiger partial charge in [-0.2, -0.15) is 10.7 Å². The molecule has 0 atom stereocenters. The van der Waals surface area contributed by atoms with Crippen molar-refractivity contribution < 1.29 is 19.5 Å². The summed E-state index contributed by atoms with van der Waals surface area (Å²) in [5.41, 5.74) is 2.64. The molecule has 0 bridgehead atoms. The summed E-state index contributed by atoms with van der Waals surface area (Å²) in [6, 6.07) is 4.74. The molecule has 0 spiro atoms. The molecule has 6 heteroatoms. The van der Waals surface area contributed by atoms with Crippen molar-refractivity contribution in [2.45, 2.75) is 0 Å². The number of hydrogen-bond donors (Lipinski definition) is 2. The molecule has 0 amide bonds. The van der Waals surface area contributed by atoms with Crippen LogP contribution < -0.4 is 10.3 Å². The number of hydrogen-bond acceptors (Lipinski definition) is 6. The molecule has 1 aromatic carbocycles. The van der Waals surface area contributed by atoms with E-state index in [4.69, 9.17) is 9.94 Å². The number of carbonyl (C=O) groups is 1. The number of esters is 1. The summed E-state index contributed by atoms with van der Waals surface area (Å²) in [7, 11) is 2.78. The first-order valence-corrected chi connectivity index (χ1v) is 4.41. The van der Waals surface area contributed by atoms with Crippen molar-refractivity contribution >= 4 is 12.2 Å². The first-order valence-electron chi connectivity index (χ1n) is 4.41. The Morgan fingerprint density at radius 3 is 2.81 bits per heavy atom. The number of hydrazone groups is 1. The third-order valence-corrected chi connectivity index (χ3v) is 1.92. The fourth-order valence-electron chi connectivity index (χ4n) is 1.16. The van der Waals surface area contributed by atoms with Gasteiger partial charge in [0.25, 0.3) is 0 Å². The Morgan fingerprint density at radius 2 is 2.25 bits per heavy atom. The minimum atomic E-state index is -0.443. The van der Waals surface area contributed by atoms with Crippen LogP contribution in [0.25, 0.3) is 0 Å². The zero-order valence-electron chi connectivity index (χ0n) is 8.93. The molecule has 0 aliphatic rings. The molecule has 0 saturated heterocycles. The third-order valence-electron chi connectivity index (χ3n) is 1.92. The Hall–Kier alpha value is -2.08. The predicted molar refractivity (Wildman–Crippen MR) is 56.8 cm³/mol. The second-order valence-corrected chi connectivity index (χ2v) is 2.81. The van der Waals surface area contributed by atoms with Gasteiger partial charge in [-0.15, -0.1) is 0 Å². The Bertz CT molecular complexity index is 404. The lowest BCUT2D eigenvalue weighted by molar-refractivity contribution is 0.0600. The minimum absolute atomic E-state index is 0.383. The van der Waals surface area contributed by atoms with Crippen LogP contribution in [0.3, 0.4) is 0 Å². The van der Waals surface area contributed by atoms with Crippen LogP contribution in [0.2, 0.25) is 0 Å². The van der Waals surface area contributed by atoms with Gasteiger partial charge in [-0.05, 0) is 18.2 Å². The fraction of sp³-hybridized carbons (Fsp3) is 0.200. The van der Waals surface area contributed by atoms with Crippen LogP contribution in [0.5, 0.6) is 5.75 Å². The molecule has 0 aromatic heterocycles. The van der Waals surface area contributed by atoms with Crippen molar-refractivity contribution in [1.82, 2.24) is 5.59 Å². The van der Waals surface area contributed by atoms with Gasteiger partial charge in [0.15, 0.2) is 0 Å². The van der Waals surface area contributed by atoms with E-state index in [1.54, 1.807) is 17.7 Å². The van der Waals surface area contributed by atoms with Crippen molar-refractivity contribution in [2.75, 3.05) is 14.2 Å². The molecule has 0 heterocycles. The van der Waals surface area contributed by atoms with Crippen molar-refractivity contribution in [3.8, 4) is 5.75 Å². The predicted octanol–water partition coefficient (Wildman–Crippen LogP) is 0.794. The highest BCUT2D eigenvalue weighted by Crippen LogP contribution is 2.18. The van der Waals surface area contributed by atoms with E-state index in [1.165, 1.54) is 26.5 Å². The van der Waals surface area contributed by atoms with Gasteiger partial charge in [-0.25, -0.2) is 4.79 Å². The zero-order chi connectivity index (χ0) is 12.0. The molecule has 0 fully saturated rings. The van der Waals surface area contributed by atoms with Crippen molar-refractivity contribution in [3.05, 3.63) is 29.3 Å². The van der Waals surface area contributed by atoms with Gasteiger partial charge in [0.2, 0.25) is 0 Å². The first-order chi connectivity index (χ1) is 7.72. The largest absolute Gasteiger partial charge is 0.496 e. The molecule has 16 heavy (non-hydrogen) atoms. The molecule has 0 saturated carbocycles. The van der Waals surface area contributed by atoms with Crippen LogP contribution in [0, 0.1) is 0 Å². The average molecular weight is 224 g/mol. The van der Waals surface area contributed by atoms with Gasteiger partial charge in [0.05, 0.1) is 26.0 Å². The summed E-state index contributed by atoms with van der Waals surface area (Å²) in [5.74, 6) is 0.0176. The molecule has 0 aliphatic carbocycles. The summed E-state index contributed by atoms with van der Waals surface area (Å²) in [6.45, 7) is 0. The monoisotopic (exact) mass is 224 g/mol. The van der Waals surface area contributed by atoms with Gasteiger partial charge in [0.1, 0.15) is 5.75 Å². The van der Waals surface area contributed by atoms with Gasteiger partial charge in [-0.3, -0.25) is 5.21 Å². The number of nitrogens with one attached hydrogen (secondary N) is 1. The molecule has 0 unspecified atom stereocenters. The Balaban J connectivity index is 3.06. The van der Waals surface area contributed by atoms with Crippen LogP contribution in [0.1, 0.15) is 15.9 Å². The highest BCUT2D eigenvalue weighted by Gasteiger charge is 2.09. The minimum Gasteiger partial charge on any atom is -0.496 e. The normalized spacial score (nSPS) is 10.2. The standard InChI is InChI=1S/C10H12N2O4/c1-15-9-5-7(10(13)16-2)3-4-8(9)6-11-12-14/h3-6,12,14H,1-2H3. The second kappa shape index (κ2) is 5.72. The summed E-state index contributed by atoms with van der Waals surface area (Å²) in [5, 5.41) is 11.7. The molecule has 6 nitrogen and oxygen atoms in total. The number of methoxy groups -OCH3 is 2. The highest BCUT2D eigenvalue weighted by molar-refractivity contribution is 5.92. The third kappa shape index (κ3) is 2.71. The Labute approximate surface area is 92.4 Å². The Morgan fingerprint density at radius 1 is 1.50 bits per heavy atom. The lowest BCUT2D eigenvalue weighted by Gasteiger charge is -2.06. The van der Waals surface area contributed by atoms with Gasteiger partial charge < -0.3 is 9.47 Å². The summed E-state index contributed by atoms with van der Waals surface area (Å²) in [6.07, 6.45) is 1.36. The SMILES string of the molecule is COC(=O)c1ccc(C=NNO)c(OC)c1. The number of ether oxygens (including phenoxy) is 2. The van der Waals surface area contributed by atoms with Crippen LogP contribution in [0.15, 0.2) is 23.3 Å². The maximum Gasteiger partial charge on any atom is 0.337 e. The molecular weight excluding hydrogens is 212 g/mol. The highest BCUT2D eigenvalue weighted by atomic mass is 16.5. The quantitative estimate of drug-likeness (QED) is 0.449. The first kappa shape index (κ1) is 12.0. The van der Waals surface area contributed by atoms with Gasteiger partial charge in [0, 0.05) is 5.56 Å². The molecule has 2 N–H and O–H groups in total. The molecule has 0 radical (unpaired) electrons. The van der Waals surface area contributed by atoms with Crippen LogP contribution in [-0.2, 0) is 4.74 Å². The number of carbonyl (C=O) groups excluding carboxylic acids is 1. The van der Waals surface area contributed by atoms with E-state index in [0.29, 0.717) is 16.9 Å². The van der Waals surface area contributed by atoms with Gasteiger partial charge >= 0.3 is 5.97 Å². The molecule has 1 aromatic rings. The van der Waals surface area contributed by atoms with E-state index >= 15 is 0 Å². The van der Waals surface area contributed by atoms with Crippen LogP contribution in [0.4, 0.5) is 0 Å². The summed E-state index contributed by atoms with van der Waals surface area (Å²) < 4.78 is 9.65.